The number of hydrogen-bond acceptors (Lipinski definition) is 3. The fourth-order valence-electron chi connectivity index (χ4n) is 1.25. The molecule has 1 aromatic carbocycles. The number of allylic oxidation sites excluding steroid dienone is 2. The molecule has 2 amide bonds. The van der Waals surface area contributed by atoms with Gasteiger partial charge >= 0.3 is 0 Å². The second-order valence-corrected chi connectivity index (χ2v) is 4.23. The van der Waals surface area contributed by atoms with Crippen LogP contribution in [-0.4, -0.2) is 25.0 Å². The molecule has 0 saturated heterocycles. The van der Waals surface area contributed by atoms with Crippen molar-refractivity contribution in [3.63, 3.8) is 0 Å². The van der Waals surface area contributed by atoms with Gasteiger partial charge in [-0.1, -0.05) is 0 Å². The molecule has 0 aliphatic carbocycles. The summed E-state index contributed by atoms with van der Waals surface area (Å²) in [5.41, 5.74) is 0.0943. The molecule has 114 valence electrons. The minimum absolute atomic E-state index is 0.0943. The molecule has 0 fully saturated rings. The van der Waals surface area contributed by atoms with Crippen LogP contribution in [0, 0.1) is 5.82 Å². The fraction of sp³-hybridized carbons (Fsp3) is 0.286. The highest BCUT2D eigenvalue weighted by molar-refractivity contribution is 5.86. The van der Waals surface area contributed by atoms with Crippen LogP contribution >= 0.6 is 0 Å². The zero-order valence-corrected chi connectivity index (χ0v) is 11.7. The lowest BCUT2D eigenvalue weighted by atomic mass is 10.3. The average molecular weight is 298 g/mol. The molecule has 0 spiro atoms. The second-order valence-electron chi connectivity index (χ2n) is 4.23. The molecular formula is C14H16F2N2O3. The van der Waals surface area contributed by atoms with Gasteiger partial charge in [0.15, 0.2) is 6.61 Å². The molecule has 2 N–H and O–H groups in total. The Hall–Kier alpha value is -2.44. The largest absolute Gasteiger partial charge is 0.484 e. The number of ether oxygens (including phenoxy) is 1. The highest BCUT2D eigenvalue weighted by Gasteiger charge is 2.07. The van der Waals surface area contributed by atoms with E-state index in [1.807, 2.05) is 0 Å². The van der Waals surface area contributed by atoms with Crippen LogP contribution in [0.4, 0.5) is 8.78 Å². The zero-order chi connectivity index (χ0) is 15.8. The Morgan fingerprint density at radius 2 is 1.76 bits per heavy atom. The highest BCUT2D eigenvalue weighted by Crippen LogP contribution is 2.10. The Kier molecular flexibility index (Phi) is 6.32. The van der Waals surface area contributed by atoms with E-state index in [-0.39, 0.29) is 18.8 Å². The van der Waals surface area contributed by atoms with E-state index in [1.165, 1.54) is 38.1 Å². The maximum absolute atomic E-state index is 12.7. The summed E-state index contributed by atoms with van der Waals surface area (Å²) >= 11 is 0. The zero-order valence-electron chi connectivity index (χ0n) is 11.7. The molecule has 0 radical (unpaired) electrons. The molecule has 0 saturated carbocycles. The van der Waals surface area contributed by atoms with E-state index in [4.69, 9.17) is 4.74 Å². The summed E-state index contributed by atoms with van der Waals surface area (Å²) in [5.74, 6) is -1.64. The number of carbonyl (C=O) groups is 2. The van der Waals surface area contributed by atoms with Crippen LogP contribution in [-0.2, 0) is 9.59 Å². The first kappa shape index (κ1) is 16.6. The lowest BCUT2D eigenvalue weighted by Crippen LogP contribution is -2.38. The Balaban J connectivity index is 2.29. The smallest absolute Gasteiger partial charge is 0.258 e. The van der Waals surface area contributed by atoms with Crippen molar-refractivity contribution < 1.29 is 23.1 Å². The van der Waals surface area contributed by atoms with Gasteiger partial charge in [-0.3, -0.25) is 9.59 Å². The minimum atomic E-state index is -0.542. The maximum atomic E-state index is 12.7. The van der Waals surface area contributed by atoms with Crippen molar-refractivity contribution in [2.24, 2.45) is 0 Å². The van der Waals surface area contributed by atoms with Gasteiger partial charge in [0.2, 0.25) is 5.91 Å². The molecule has 0 atom stereocenters. The fourth-order valence-corrected chi connectivity index (χ4v) is 1.25. The Labute approximate surface area is 121 Å². The molecular weight excluding hydrogens is 282 g/mol. The molecule has 21 heavy (non-hydrogen) atoms. The van der Waals surface area contributed by atoms with Gasteiger partial charge in [0.25, 0.3) is 5.91 Å². The predicted molar refractivity (Wildman–Crippen MR) is 72.5 cm³/mol. The van der Waals surface area contributed by atoms with Crippen LogP contribution in [0.25, 0.3) is 0 Å². The van der Waals surface area contributed by atoms with Gasteiger partial charge in [-0.15, -0.1) is 0 Å². The van der Waals surface area contributed by atoms with Crippen molar-refractivity contribution in [1.82, 2.24) is 10.6 Å². The van der Waals surface area contributed by atoms with Crippen LogP contribution in [0.5, 0.6) is 5.75 Å². The minimum Gasteiger partial charge on any atom is -0.484 e. The third-order valence-corrected chi connectivity index (χ3v) is 2.47. The van der Waals surface area contributed by atoms with Gasteiger partial charge in [-0.25, -0.2) is 8.78 Å². The average Bonchev–Trinajstić information content (AvgIpc) is 2.44. The number of benzene rings is 1. The van der Waals surface area contributed by atoms with Gasteiger partial charge in [-0.05, 0) is 38.1 Å². The third kappa shape index (κ3) is 6.51. The Morgan fingerprint density at radius 3 is 2.33 bits per heavy atom. The van der Waals surface area contributed by atoms with E-state index in [9.17, 15) is 18.4 Å². The van der Waals surface area contributed by atoms with Crippen LogP contribution in [0.2, 0.25) is 0 Å². The Bertz CT molecular complexity index is 538. The first-order chi connectivity index (χ1) is 9.88. The van der Waals surface area contributed by atoms with E-state index in [0.29, 0.717) is 5.75 Å². The summed E-state index contributed by atoms with van der Waals surface area (Å²) in [6, 6.07) is 5.17. The van der Waals surface area contributed by atoms with E-state index in [0.717, 1.165) is 0 Å². The third-order valence-electron chi connectivity index (χ3n) is 2.47. The summed E-state index contributed by atoms with van der Waals surface area (Å²) in [6.07, 6.45) is 0. The van der Waals surface area contributed by atoms with Crippen molar-refractivity contribution >= 4 is 11.8 Å². The van der Waals surface area contributed by atoms with Gasteiger partial charge in [0.05, 0.1) is 6.54 Å². The number of halogens is 2. The van der Waals surface area contributed by atoms with Crippen molar-refractivity contribution in [2.45, 2.75) is 13.8 Å². The van der Waals surface area contributed by atoms with Crippen molar-refractivity contribution in [3.05, 3.63) is 41.6 Å². The number of hydrogen-bond donors (Lipinski definition) is 2. The quantitative estimate of drug-likeness (QED) is 0.839. The maximum Gasteiger partial charge on any atom is 0.258 e. The molecule has 0 heterocycles. The molecule has 5 nitrogen and oxygen atoms in total. The molecule has 0 unspecified atom stereocenters. The summed E-state index contributed by atoms with van der Waals surface area (Å²) in [5, 5.41) is 4.60. The van der Waals surface area contributed by atoms with Crippen molar-refractivity contribution in [2.75, 3.05) is 13.2 Å². The molecule has 1 rings (SSSR count). The normalized spacial score (nSPS) is 11.4. The lowest BCUT2D eigenvalue weighted by Gasteiger charge is -2.08. The van der Waals surface area contributed by atoms with Crippen molar-refractivity contribution in [3.8, 4) is 5.75 Å². The lowest BCUT2D eigenvalue weighted by molar-refractivity contribution is -0.127. The predicted octanol–water partition coefficient (Wildman–Crippen LogP) is 1.66. The summed E-state index contributed by atoms with van der Waals surface area (Å²) in [4.78, 5) is 22.8. The van der Waals surface area contributed by atoms with Gasteiger partial charge < -0.3 is 15.4 Å². The SMILES string of the molecule is C/C(F)=C(\C)NC(=O)CNC(=O)COc1ccc(F)cc1. The van der Waals surface area contributed by atoms with E-state index in [1.54, 1.807) is 0 Å². The molecule has 0 aliphatic heterocycles. The van der Waals surface area contributed by atoms with Crippen LogP contribution in [0.15, 0.2) is 35.8 Å². The monoisotopic (exact) mass is 298 g/mol. The van der Waals surface area contributed by atoms with Gasteiger partial charge in [0, 0.05) is 5.70 Å². The van der Waals surface area contributed by atoms with E-state index in [2.05, 4.69) is 10.6 Å². The molecule has 0 aromatic heterocycles. The standard InChI is InChI=1S/C14H16F2N2O3/c1-9(15)10(2)18-13(19)7-17-14(20)8-21-12-5-3-11(16)4-6-12/h3-6H,7-8H2,1-2H3,(H,17,20)(H,18,19)/b10-9-. The van der Waals surface area contributed by atoms with Crippen LogP contribution < -0.4 is 15.4 Å². The molecule has 1 aromatic rings. The van der Waals surface area contributed by atoms with Gasteiger partial charge in [0.1, 0.15) is 17.4 Å². The van der Waals surface area contributed by atoms with Crippen molar-refractivity contribution in [1.29, 1.82) is 0 Å². The first-order valence-electron chi connectivity index (χ1n) is 6.16. The van der Waals surface area contributed by atoms with Crippen LogP contribution in [0.3, 0.4) is 0 Å². The Morgan fingerprint density at radius 1 is 1.14 bits per heavy atom. The number of rotatable bonds is 6. The number of nitrogens with one attached hydrogen (secondary N) is 2. The molecule has 0 bridgehead atoms. The highest BCUT2D eigenvalue weighted by atomic mass is 19.1. The summed E-state index contributed by atoms with van der Waals surface area (Å²) in [6.45, 7) is 2.02. The number of carbonyl (C=O) groups excluding carboxylic acids is 2. The number of amides is 2. The first-order valence-corrected chi connectivity index (χ1v) is 6.16. The second kappa shape index (κ2) is 7.98. The summed E-state index contributed by atoms with van der Waals surface area (Å²) in [7, 11) is 0. The van der Waals surface area contributed by atoms with Gasteiger partial charge in [-0.2, -0.15) is 0 Å². The van der Waals surface area contributed by atoms with E-state index >= 15 is 0 Å². The summed E-state index contributed by atoms with van der Waals surface area (Å²) < 4.78 is 30.5. The van der Waals surface area contributed by atoms with Crippen LogP contribution in [0.1, 0.15) is 13.8 Å². The van der Waals surface area contributed by atoms with E-state index < -0.39 is 23.5 Å². The molecule has 0 aliphatic rings. The molecule has 7 heteroatoms. The topological polar surface area (TPSA) is 67.4 Å².